The smallest absolute Gasteiger partial charge is 0.239 e. The van der Waals surface area contributed by atoms with Crippen LogP contribution in [-0.4, -0.2) is 28.8 Å². The number of nitrogens with two attached hydrogens (primary N) is 1. The normalized spacial score (nSPS) is 14.7. The quantitative estimate of drug-likeness (QED) is 0.863. The minimum absolute atomic E-state index is 0. The van der Waals surface area contributed by atoms with Crippen molar-refractivity contribution < 1.29 is 9.59 Å². The van der Waals surface area contributed by atoms with Crippen LogP contribution in [0.3, 0.4) is 0 Å². The molecule has 0 aromatic heterocycles. The summed E-state index contributed by atoms with van der Waals surface area (Å²) in [5.41, 5.74) is 6.99. The van der Waals surface area contributed by atoms with Crippen LogP contribution >= 0.6 is 12.4 Å². The fourth-order valence-corrected chi connectivity index (χ4v) is 2.26. The highest BCUT2D eigenvalue weighted by Crippen LogP contribution is 2.14. The molecule has 0 atom stereocenters. The van der Waals surface area contributed by atoms with Crippen LogP contribution in [0.4, 0.5) is 0 Å². The van der Waals surface area contributed by atoms with Crippen molar-refractivity contribution in [2.24, 2.45) is 5.73 Å². The summed E-state index contributed by atoms with van der Waals surface area (Å²) < 4.78 is 0. The Labute approximate surface area is 137 Å². The first-order valence-corrected chi connectivity index (χ1v) is 7.29. The molecule has 3 N–H and O–H groups in total. The first-order valence-electron chi connectivity index (χ1n) is 7.29. The van der Waals surface area contributed by atoms with Crippen LogP contribution in [-0.2, 0) is 22.7 Å². The number of halogens is 1. The third-order valence-electron chi connectivity index (χ3n) is 3.61. The Kier molecular flexibility index (Phi) is 6.38. The molecule has 1 heterocycles. The number of carbonyl (C=O) groups is 2. The van der Waals surface area contributed by atoms with Gasteiger partial charge in [0, 0.05) is 26.1 Å². The van der Waals surface area contributed by atoms with Crippen molar-refractivity contribution in [3.05, 3.63) is 35.4 Å². The molecule has 122 valence electrons. The summed E-state index contributed by atoms with van der Waals surface area (Å²) >= 11 is 0. The maximum Gasteiger partial charge on any atom is 0.239 e. The van der Waals surface area contributed by atoms with E-state index in [2.05, 4.69) is 5.32 Å². The van der Waals surface area contributed by atoms with Crippen molar-refractivity contribution in [2.75, 3.05) is 6.54 Å². The SMILES string of the molecule is CC(C)(N)C(=O)NCc1ccc(CN2CCCC2=O)cc1.Cl. The van der Waals surface area contributed by atoms with E-state index in [1.165, 1.54) is 0 Å². The highest BCUT2D eigenvalue weighted by atomic mass is 35.5. The third-order valence-corrected chi connectivity index (χ3v) is 3.61. The summed E-state index contributed by atoms with van der Waals surface area (Å²) in [4.78, 5) is 25.2. The van der Waals surface area contributed by atoms with Crippen LogP contribution in [0.15, 0.2) is 24.3 Å². The predicted octanol–water partition coefficient (Wildman–Crippen LogP) is 1.58. The predicted molar refractivity (Wildman–Crippen MR) is 88.5 cm³/mol. The van der Waals surface area contributed by atoms with E-state index < -0.39 is 5.54 Å². The number of hydrogen-bond acceptors (Lipinski definition) is 3. The van der Waals surface area contributed by atoms with Crippen molar-refractivity contribution in [3.8, 4) is 0 Å². The molecule has 0 saturated carbocycles. The fraction of sp³-hybridized carbons (Fsp3) is 0.500. The lowest BCUT2D eigenvalue weighted by atomic mass is 10.1. The van der Waals surface area contributed by atoms with Gasteiger partial charge in [-0.1, -0.05) is 24.3 Å². The van der Waals surface area contributed by atoms with E-state index in [1.807, 2.05) is 29.2 Å². The Morgan fingerprint density at radius 1 is 1.27 bits per heavy atom. The van der Waals surface area contributed by atoms with Gasteiger partial charge in [0.2, 0.25) is 11.8 Å². The summed E-state index contributed by atoms with van der Waals surface area (Å²) in [7, 11) is 0. The van der Waals surface area contributed by atoms with Crippen molar-refractivity contribution in [2.45, 2.75) is 45.3 Å². The molecule has 2 amide bonds. The largest absolute Gasteiger partial charge is 0.350 e. The maximum absolute atomic E-state index is 11.7. The molecule has 5 nitrogen and oxygen atoms in total. The first kappa shape index (κ1) is 18.5. The van der Waals surface area contributed by atoms with E-state index in [0.29, 0.717) is 19.5 Å². The van der Waals surface area contributed by atoms with Crippen molar-refractivity contribution in [1.82, 2.24) is 10.2 Å². The second-order valence-electron chi connectivity index (χ2n) is 6.14. The highest BCUT2D eigenvalue weighted by molar-refractivity contribution is 5.85. The molecule has 0 aliphatic carbocycles. The maximum atomic E-state index is 11.7. The Hall–Kier alpha value is -1.59. The molecule has 6 heteroatoms. The van der Waals surface area contributed by atoms with E-state index in [4.69, 9.17) is 5.73 Å². The van der Waals surface area contributed by atoms with E-state index >= 15 is 0 Å². The standard InChI is InChI=1S/C16H23N3O2.ClH/c1-16(2,17)15(21)18-10-12-5-7-13(8-6-12)11-19-9-3-4-14(19)20;/h5-8H,3-4,9-11,17H2,1-2H3,(H,18,21);1H. The van der Waals surface area contributed by atoms with Gasteiger partial charge in [-0.15, -0.1) is 12.4 Å². The van der Waals surface area contributed by atoms with Gasteiger partial charge in [0.25, 0.3) is 0 Å². The zero-order valence-electron chi connectivity index (χ0n) is 13.1. The van der Waals surface area contributed by atoms with E-state index in [0.717, 1.165) is 24.1 Å². The van der Waals surface area contributed by atoms with Gasteiger partial charge in [-0.3, -0.25) is 9.59 Å². The molecule has 22 heavy (non-hydrogen) atoms. The molecule has 1 fully saturated rings. The number of rotatable bonds is 5. The zero-order chi connectivity index (χ0) is 15.5. The minimum Gasteiger partial charge on any atom is -0.350 e. The summed E-state index contributed by atoms with van der Waals surface area (Å²) in [6.07, 6.45) is 1.62. The van der Waals surface area contributed by atoms with Crippen LogP contribution < -0.4 is 11.1 Å². The number of benzene rings is 1. The van der Waals surface area contributed by atoms with Gasteiger partial charge in [0.15, 0.2) is 0 Å². The Morgan fingerprint density at radius 2 is 1.86 bits per heavy atom. The molecule has 1 aromatic carbocycles. The summed E-state index contributed by atoms with van der Waals surface area (Å²) in [6.45, 7) is 5.34. The van der Waals surface area contributed by atoms with E-state index in [9.17, 15) is 9.59 Å². The van der Waals surface area contributed by atoms with E-state index in [1.54, 1.807) is 13.8 Å². The lowest BCUT2D eigenvalue weighted by Gasteiger charge is -2.18. The van der Waals surface area contributed by atoms with Crippen LogP contribution in [0.25, 0.3) is 0 Å². The molecule has 0 unspecified atom stereocenters. The molecule has 1 aliphatic rings. The molecule has 0 spiro atoms. The van der Waals surface area contributed by atoms with Gasteiger partial charge in [0.05, 0.1) is 5.54 Å². The van der Waals surface area contributed by atoms with Gasteiger partial charge >= 0.3 is 0 Å². The minimum atomic E-state index is -0.865. The van der Waals surface area contributed by atoms with Gasteiger partial charge in [-0.25, -0.2) is 0 Å². The van der Waals surface area contributed by atoms with Crippen LogP contribution in [0, 0.1) is 0 Å². The van der Waals surface area contributed by atoms with Gasteiger partial charge < -0.3 is 16.0 Å². The first-order chi connectivity index (χ1) is 9.86. The van der Waals surface area contributed by atoms with Crippen LogP contribution in [0.2, 0.25) is 0 Å². The molecule has 2 rings (SSSR count). The summed E-state index contributed by atoms with van der Waals surface area (Å²) in [5, 5.41) is 2.81. The average Bonchev–Trinajstić information content (AvgIpc) is 2.82. The van der Waals surface area contributed by atoms with Crippen LogP contribution in [0.5, 0.6) is 0 Å². The lowest BCUT2D eigenvalue weighted by molar-refractivity contribution is -0.128. The van der Waals surface area contributed by atoms with Gasteiger partial charge in [0.1, 0.15) is 0 Å². The van der Waals surface area contributed by atoms with Crippen molar-refractivity contribution >= 4 is 24.2 Å². The van der Waals surface area contributed by atoms with Crippen molar-refractivity contribution in [1.29, 1.82) is 0 Å². The summed E-state index contributed by atoms with van der Waals surface area (Å²) in [5.74, 6) is 0.0609. The average molecular weight is 326 g/mol. The molecule has 1 aliphatic heterocycles. The Balaban J connectivity index is 0.00000242. The van der Waals surface area contributed by atoms with Gasteiger partial charge in [-0.2, -0.15) is 0 Å². The second-order valence-corrected chi connectivity index (χ2v) is 6.14. The van der Waals surface area contributed by atoms with Crippen molar-refractivity contribution in [3.63, 3.8) is 0 Å². The van der Waals surface area contributed by atoms with Gasteiger partial charge in [-0.05, 0) is 31.4 Å². The number of nitrogens with zero attached hydrogens (tertiary/aromatic N) is 1. The molecule has 0 bridgehead atoms. The second kappa shape index (κ2) is 7.61. The third kappa shape index (κ3) is 5.00. The lowest BCUT2D eigenvalue weighted by Crippen LogP contribution is -2.48. The number of likely N-dealkylation sites (tertiary alicyclic amines) is 1. The molecular formula is C16H24ClN3O2. The molecular weight excluding hydrogens is 302 g/mol. The zero-order valence-corrected chi connectivity index (χ0v) is 13.9. The highest BCUT2D eigenvalue weighted by Gasteiger charge is 2.21. The number of nitrogens with one attached hydrogen (secondary N) is 1. The molecule has 1 aromatic rings. The van der Waals surface area contributed by atoms with E-state index in [-0.39, 0.29) is 24.2 Å². The summed E-state index contributed by atoms with van der Waals surface area (Å²) in [6, 6.07) is 7.95. The molecule has 1 saturated heterocycles. The Bertz CT molecular complexity index is 523. The number of hydrogen-bond donors (Lipinski definition) is 2. The molecule has 0 radical (unpaired) electrons. The van der Waals surface area contributed by atoms with Crippen LogP contribution in [0.1, 0.15) is 37.8 Å². The fourth-order valence-electron chi connectivity index (χ4n) is 2.26. The Morgan fingerprint density at radius 3 is 2.36 bits per heavy atom. The number of carbonyl (C=O) groups excluding carboxylic acids is 2. The monoisotopic (exact) mass is 325 g/mol. The topological polar surface area (TPSA) is 75.4 Å². The number of amides is 2.